The monoisotopic (exact) mass is 414 g/mol. The highest BCUT2D eigenvalue weighted by Crippen LogP contribution is 2.27. The number of amides is 2. The number of pyridine rings is 1. The molecule has 26 heavy (non-hydrogen) atoms. The summed E-state index contributed by atoms with van der Waals surface area (Å²) in [6, 6.07) is 7.07. The first-order chi connectivity index (χ1) is 12.3. The van der Waals surface area contributed by atoms with E-state index in [1.165, 1.54) is 36.5 Å². The van der Waals surface area contributed by atoms with Crippen LogP contribution in [0.1, 0.15) is 10.4 Å². The summed E-state index contributed by atoms with van der Waals surface area (Å²) in [5, 5.41) is 9.78. The van der Waals surface area contributed by atoms with Crippen LogP contribution in [0.2, 0.25) is 10.0 Å². The van der Waals surface area contributed by atoms with E-state index in [1.807, 2.05) is 0 Å². The van der Waals surface area contributed by atoms with Crippen LogP contribution in [0.25, 0.3) is 0 Å². The van der Waals surface area contributed by atoms with Crippen molar-refractivity contribution >= 4 is 58.6 Å². The van der Waals surface area contributed by atoms with Crippen molar-refractivity contribution in [1.82, 2.24) is 4.98 Å². The van der Waals surface area contributed by atoms with Crippen LogP contribution in [0.5, 0.6) is 0 Å². The molecule has 1 aromatic carbocycles. The Labute approximate surface area is 162 Å². The molecule has 0 unspecified atom stereocenters. The molecule has 1 heterocycles. The summed E-state index contributed by atoms with van der Waals surface area (Å²) < 4.78 is 4.64. The fourth-order valence-corrected chi connectivity index (χ4v) is 3.32. The predicted molar refractivity (Wildman–Crippen MR) is 98.3 cm³/mol. The number of carboxylic acid groups (broad SMARTS) is 1. The molecule has 0 spiro atoms. The number of aromatic carboxylic acids is 1. The third kappa shape index (κ3) is 4.87. The van der Waals surface area contributed by atoms with Crippen LogP contribution in [0.4, 0.5) is 10.5 Å². The van der Waals surface area contributed by atoms with E-state index in [-0.39, 0.29) is 32.1 Å². The quantitative estimate of drug-likeness (QED) is 0.738. The van der Waals surface area contributed by atoms with E-state index in [9.17, 15) is 14.4 Å². The largest absolute Gasteiger partial charge is 0.478 e. The number of methoxy groups -OCH3 is 1. The fraction of sp³-hybridized carbons (Fsp3) is 0.125. The van der Waals surface area contributed by atoms with Crippen LogP contribution in [0, 0.1) is 0 Å². The predicted octanol–water partition coefficient (Wildman–Crippen LogP) is 3.98. The number of hydrogen-bond acceptors (Lipinski definition) is 6. The minimum atomic E-state index is -1.17. The first kappa shape index (κ1) is 20.0. The van der Waals surface area contributed by atoms with Crippen molar-refractivity contribution in [3.05, 3.63) is 52.1 Å². The molecule has 136 valence electrons. The zero-order valence-electron chi connectivity index (χ0n) is 13.3. The fourth-order valence-electron chi connectivity index (χ4n) is 1.97. The molecule has 0 aliphatic rings. The minimum absolute atomic E-state index is 0.0410. The lowest BCUT2D eigenvalue weighted by Gasteiger charge is -2.19. The van der Waals surface area contributed by atoms with E-state index in [0.717, 1.165) is 23.8 Å². The Bertz CT molecular complexity index is 842. The standard InChI is InChI=1S/C16H12Cl2N2O5S/c1-25-16(24)20(11-6-9(17)5-10(18)7-11)13(21)8-26-14-12(15(22)23)3-2-4-19-14/h2-7H,8H2,1H3,(H,22,23). The highest BCUT2D eigenvalue weighted by atomic mass is 35.5. The maximum absolute atomic E-state index is 12.6. The molecular formula is C16H12Cl2N2O5S. The molecule has 0 aliphatic heterocycles. The molecule has 1 N–H and O–H groups in total. The molecule has 7 nitrogen and oxygen atoms in total. The maximum atomic E-state index is 12.6. The Balaban J connectivity index is 2.26. The Kier molecular flexibility index (Phi) is 6.84. The number of carboxylic acids is 1. The van der Waals surface area contributed by atoms with Crippen molar-refractivity contribution in [2.75, 3.05) is 17.8 Å². The molecule has 2 aromatic rings. The Morgan fingerprint density at radius 1 is 1.23 bits per heavy atom. The molecule has 0 saturated carbocycles. The Hall–Kier alpha value is -2.29. The lowest BCUT2D eigenvalue weighted by molar-refractivity contribution is -0.115. The molecule has 2 rings (SSSR count). The van der Waals surface area contributed by atoms with Gasteiger partial charge in [-0.2, -0.15) is 0 Å². The second kappa shape index (κ2) is 8.88. The van der Waals surface area contributed by atoms with Crippen LogP contribution in [0.15, 0.2) is 41.6 Å². The molecule has 2 amide bonds. The summed E-state index contributed by atoms with van der Waals surface area (Å²) in [4.78, 5) is 40.5. The normalized spacial score (nSPS) is 10.3. The van der Waals surface area contributed by atoms with Gasteiger partial charge in [0.05, 0.1) is 24.1 Å². The molecule has 0 atom stereocenters. The van der Waals surface area contributed by atoms with Gasteiger partial charge in [0, 0.05) is 16.2 Å². The van der Waals surface area contributed by atoms with Crippen molar-refractivity contribution in [2.45, 2.75) is 5.03 Å². The minimum Gasteiger partial charge on any atom is -0.478 e. The Morgan fingerprint density at radius 3 is 2.46 bits per heavy atom. The third-order valence-electron chi connectivity index (χ3n) is 3.05. The molecule has 0 fully saturated rings. The van der Waals surface area contributed by atoms with Gasteiger partial charge in [0.2, 0.25) is 5.91 Å². The Morgan fingerprint density at radius 2 is 1.88 bits per heavy atom. The van der Waals surface area contributed by atoms with Crippen LogP contribution in [-0.2, 0) is 9.53 Å². The van der Waals surface area contributed by atoms with E-state index < -0.39 is 18.0 Å². The van der Waals surface area contributed by atoms with Crippen molar-refractivity contribution < 1.29 is 24.2 Å². The van der Waals surface area contributed by atoms with Crippen LogP contribution in [0.3, 0.4) is 0 Å². The number of halogens is 2. The van der Waals surface area contributed by atoms with Gasteiger partial charge in [-0.15, -0.1) is 0 Å². The van der Waals surface area contributed by atoms with E-state index in [0.29, 0.717) is 0 Å². The average molecular weight is 415 g/mol. The summed E-state index contributed by atoms with van der Waals surface area (Å²) in [6.07, 6.45) is 0.488. The van der Waals surface area contributed by atoms with E-state index in [1.54, 1.807) is 0 Å². The number of carbonyl (C=O) groups excluding carboxylic acids is 2. The number of rotatable bonds is 5. The van der Waals surface area contributed by atoms with Gasteiger partial charge in [-0.25, -0.2) is 19.5 Å². The smallest absolute Gasteiger partial charge is 0.420 e. The van der Waals surface area contributed by atoms with Crippen molar-refractivity contribution in [2.24, 2.45) is 0 Å². The first-order valence-electron chi connectivity index (χ1n) is 7.01. The number of anilines is 1. The summed E-state index contributed by atoms with van der Waals surface area (Å²) in [6.45, 7) is 0. The number of hydrogen-bond donors (Lipinski definition) is 1. The first-order valence-corrected chi connectivity index (χ1v) is 8.75. The highest BCUT2D eigenvalue weighted by Gasteiger charge is 2.26. The lowest BCUT2D eigenvalue weighted by atomic mass is 10.3. The van der Waals surface area contributed by atoms with E-state index in [4.69, 9.17) is 28.3 Å². The molecule has 0 saturated heterocycles. The number of imide groups is 1. The van der Waals surface area contributed by atoms with Crippen LogP contribution >= 0.6 is 35.0 Å². The summed E-state index contributed by atoms with van der Waals surface area (Å²) >= 11 is 12.7. The zero-order valence-corrected chi connectivity index (χ0v) is 15.6. The summed E-state index contributed by atoms with van der Waals surface area (Å²) in [7, 11) is 1.13. The molecule has 10 heteroatoms. The summed E-state index contributed by atoms with van der Waals surface area (Å²) in [5.41, 5.74) is 0.0974. The molecule has 0 aliphatic carbocycles. The number of ether oxygens (including phenoxy) is 1. The average Bonchev–Trinajstić information content (AvgIpc) is 2.59. The number of thioether (sulfide) groups is 1. The number of carbonyl (C=O) groups is 3. The molecule has 0 bridgehead atoms. The van der Waals surface area contributed by atoms with Gasteiger partial charge in [-0.1, -0.05) is 35.0 Å². The van der Waals surface area contributed by atoms with Gasteiger partial charge in [-0.3, -0.25) is 4.79 Å². The van der Waals surface area contributed by atoms with Gasteiger partial charge < -0.3 is 9.84 Å². The van der Waals surface area contributed by atoms with E-state index in [2.05, 4.69) is 9.72 Å². The second-order valence-corrected chi connectivity index (χ2v) is 6.61. The van der Waals surface area contributed by atoms with Gasteiger partial charge in [0.15, 0.2) is 0 Å². The molecule has 1 aromatic heterocycles. The molecule has 0 radical (unpaired) electrons. The number of aromatic nitrogens is 1. The number of nitrogens with zero attached hydrogens (tertiary/aromatic N) is 2. The topological polar surface area (TPSA) is 96.8 Å². The second-order valence-electron chi connectivity index (χ2n) is 4.78. The number of benzene rings is 1. The third-order valence-corrected chi connectivity index (χ3v) is 4.47. The zero-order chi connectivity index (χ0) is 19.3. The van der Waals surface area contributed by atoms with Gasteiger partial charge >= 0.3 is 12.1 Å². The lowest BCUT2D eigenvalue weighted by Crippen LogP contribution is -2.38. The van der Waals surface area contributed by atoms with Gasteiger partial charge in [-0.05, 0) is 30.3 Å². The summed E-state index contributed by atoms with van der Waals surface area (Å²) in [5.74, 6) is -2.07. The van der Waals surface area contributed by atoms with Crippen LogP contribution < -0.4 is 4.90 Å². The van der Waals surface area contributed by atoms with E-state index >= 15 is 0 Å². The van der Waals surface area contributed by atoms with Crippen LogP contribution in [-0.4, -0.2) is 40.9 Å². The van der Waals surface area contributed by atoms with Crippen molar-refractivity contribution in [1.29, 1.82) is 0 Å². The van der Waals surface area contributed by atoms with Gasteiger partial charge in [0.25, 0.3) is 0 Å². The SMILES string of the molecule is COC(=O)N(C(=O)CSc1ncccc1C(=O)O)c1cc(Cl)cc(Cl)c1. The van der Waals surface area contributed by atoms with Crippen molar-refractivity contribution in [3.8, 4) is 0 Å². The maximum Gasteiger partial charge on any atom is 0.420 e. The van der Waals surface area contributed by atoms with Gasteiger partial charge in [0.1, 0.15) is 5.03 Å². The van der Waals surface area contributed by atoms with Crippen molar-refractivity contribution in [3.63, 3.8) is 0 Å². The highest BCUT2D eigenvalue weighted by molar-refractivity contribution is 8.00. The molecular weight excluding hydrogens is 403 g/mol.